The molecular weight excluding hydrogens is 239 g/mol. The number of nitriles is 1. The Hall–Kier alpha value is -1.40. The summed E-state index contributed by atoms with van der Waals surface area (Å²) >= 11 is 0. The predicted molar refractivity (Wildman–Crippen MR) is 74.1 cm³/mol. The van der Waals surface area contributed by atoms with E-state index in [2.05, 4.69) is 32.2 Å². The molecule has 1 aromatic rings. The van der Waals surface area contributed by atoms with E-state index in [1.54, 1.807) is 12.1 Å². The number of halogens is 1. The van der Waals surface area contributed by atoms with Crippen LogP contribution in [-0.2, 0) is 0 Å². The third-order valence-corrected chi connectivity index (χ3v) is 3.75. The molecule has 2 rings (SSSR count). The summed E-state index contributed by atoms with van der Waals surface area (Å²) in [7, 11) is 0. The molecule has 1 saturated heterocycles. The Morgan fingerprint density at radius 1 is 1.32 bits per heavy atom. The molecule has 0 saturated carbocycles. The first-order valence-corrected chi connectivity index (χ1v) is 6.79. The number of benzene rings is 1. The molecule has 0 bridgehead atoms. The van der Waals surface area contributed by atoms with E-state index in [0.717, 1.165) is 18.5 Å². The van der Waals surface area contributed by atoms with Gasteiger partial charge in [-0.05, 0) is 29.5 Å². The van der Waals surface area contributed by atoms with Gasteiger partial charge in [0.05, 0.1) is 12.0 Å². The van der Waals surface area contributed by atoms with Gasteiger partial charge in [0, 0.05) is 18.5 Å². The van der Waals surface area contributed by atoms with E-state index in [1.807, 2.05) is 0 Å². The lowest BCUT2D eigenvalue weighted by Gasteiger charge is -2.25. The summed E-state index contributed by atoms with van der Waals surface area (Å²) in [6.45, 7) is 7.36. The highest BCUT2D eigenvalue weighted by Crippen LogP contribution is 2.36. The lowest BCUT2D eigenvalue weighted by atomic mass is 9.79. The van der Waals surface area contributed by atoms with Crippen LogP contribution in [0.25, 0.3) is 0 Å². The summed E-state index contributed by atoms with van der Waals surface area (Å²) in [6, 6.07) is 9.21. The maximum atomic E-state index is 13.0. The average molecular weight is 260 g/mol. The monoisotopic (exact) mass is 260 g/mol. The zero-order chi connectivity index (χ0) is 14.0. The predicted octanol–water partition coefficient (Wildman–Crippen LogP) is 3.46. The van der Waals surface area contributed by atoms with Crippen molar-refractivity contribution in [2.45, 2.75) is 39.2 Å². The molecule has 1 aromatic carbocycles. The Balaban J connectivity index is 2.16. The minimum Gasteiger partial charge on any atom is -0.312 e. The summed E-state index contributed by atoms with van der Waals surface area (Å²) in [4.78, 5) is 0. The molecule has 1 heterocycles. The fourth-order valence-corrected chi connectivity index (χ4v) is 2.89. The normalized spacial score (nSPS) is 27.2. The van der Waals surface area contributed by atoms with Crippen LogP contribution in [0.1, 0.15) is 38.7 Å². The lowest BCUT2D eigenvalue weighted by Crippen LogP contribution is -2.31. The van der Waals surface area contributed by atoms with E-state index in [9.17, 15) is 9.65 Å². The average Bonchev–Trinajstić information content (AvgIpc) is 2.70. The van der Waals surface area contributed by atoms with Crippen molar-refractivity contribution in [3.63, 3.8) is 0 Å². The number of hydrogen-bond acceptors (Lipinski definition) is 2. The molecule has 1 N–H and O–H groups in total. The van der Waals surface area contributed by atoms with Gasteiger partial charge in [-0.15, -0.1) is 0 Å². The molecule has 0 amide bonds. The van der Waals surface area contributed by atoms with E-state index in [4.69, 9.17) is 0 Å². The van der Waals surface area contributed by atoms with Crippen molar-refractivity contribution in [3.8, 4) is 6.07 Å². The van der Waals surface area contributed by atoms with Crippen molar-refractivity contribution in [2.24, 2.45) is 11.3 Å². The third-order valence-electron chi connectivity index (χ3n) is 3.75. The van der Waals surface area contributed by atoms with Crippen molar-refractivity contribution in [1.82, 2.24) is 5.32 Å². The molecule has 0 spiro atoms. The molecule has 1 aliphatic rings. The number of hydrogen-bond donors (Lipinski definition) is 1. The zero-order valence-electron chi connectivity index (χ0n) is 11.8. The number of rotatable bonds is 2. The molecular formula is C16H21FN2. The summed E-state index contributed by atoms with van der Waals surface area (Å²) in [6.07, 6.45) is 0.975. The molecule has 3 unspecified atom stereocenters. The van der Waals surface area contributed by atoms with Gasteiger partial charge in [-0.3, -0.25) is 0 Å². The minimum absolute atomic E-state index is 0.0373. The molecule has 2 nitrogen and oxygen atoms in total. The van der Waals surface area contributed by atoms with Crippen molar-refractivity contribution >= 4 is 0 Å². The van der Waals surface area contributed by atoms with Gasteiger partial charge in [0.25, 0.3) is 0 Å². The fraction of sp³-hybridized carbons (Fsp3) is 0.562. The van der Waals surface area contributed by atoms with E-state index < -0.39 is 0 Å². The Morgan fingerprint density at radius 3 is 2.47 bits per heavy atom. The van der Waals surface area contributed by atoms with Crippen LogP contribution in [0.5, 0.6) is 0 Å². The summed E-state index contributed by atoms with van der Waals surface area (Å²) in [5.41, 5.74) is 1.25. The van der Waals surface area contributed by atoms with Crippen LogP contribution >= 0.6 is 0 Å². The summed E-state index contributed by atoms with van der Waals surface area (Å²) in [5, 5.41) is 12.9. The quantitative estimate of drug-likeness (QED) is 0.884. The first kappa shape index (κ1) is 14.0. The van der Waals surface area contributed by atoms with E-state index in [1.165, 1.54) is 12.1 Å². The largest absolute Gasteiger partial charge is 0.312 e. The van der Waals surface area contributed by atoms with Gasteiger partial charge < -0.3 is 5.32 Å². The Labute approximate surface area is 114 Å². The van der Waals surface area contributed by atoms with Crippen LogP contribution in [0.4, 0.5) is 4.39 Å². The second-order valence-electron chi connectivity index (χ2n) is 6.59. The Bertz CT molecular complexity index is 467. The highest BCUT2D eigenvalue weighted by atomic mass is 19.1. The van der Waals surface area contributed by atoms with Crippen LogP contribution in [0, 0.1) is 28.5 Å². The van der Waals surface area contributed by atoms with Gasteiger partial charge in [0.15, 0.2) is 0 Å². The SMILES string of the molecule is CC(C)(C)CC1NCC(c2ccc(F)cc2)C1C#N. The van der Waals surface area contributed by atoms with Gasteiger partial charge in [0.1, 0.15) is 5.82 Å². The molecule has 1 fully saturated rings. The maximum Gasteiger partial charge on any atom is 0.123 e. The summed E-state index contributed by atoms with van der Waals surface area (Å²) in [5.74, 6) is -0.0999. The first-order valence-electron chi connectivity index (χ1n) is 6.79. The zero-order valence-corrected chi connectivity index (χ0v) is 11.8. The fourth-order valence-electron chi connectivity index (χ4n) is 2.89. The molecule has 0 aliphatic carbocycles. The van der Waals surface area contributed by atoms with Crippen LogP contribution in [-0.4, -0.2) is 12.6 Å². The third kappa shape index (κ3) is 3.33. The minimum atomic E-state index is -0.227. The topological polar surface area (TPSA) is 35.8 Å². The Morgan fingerprint density at radius 2 is 1.95 bits per heavy atom. The van der Waals surface area contributed by atoms with Crippen LogP contribution < -0.4 is 5.32 Å². The van der Waals surface area contributed by atoms with E-state index in [-0.39, 0.29) is 29.1 Å². The summed E-state index contributed by atoms with van der Waals surface area (Å²) < 4.78 is 13.0. The Kier molecular flexibility index (Phi) is 3.91. The molecule has 1 aliphatic heterocycles. The number of nitrogens with zero attached hydrogens (tertiary/aromatic N) is 1. The van der Waals surface area contributed by atoms with Crippen molar-refractivity contribution in [1.29, 1.82) is 5.26 Å². The first-order chi connectivity index (χ1) is 8.90. The van der Waals surface area contributed by atoms with E-state index >= 15 is 0 Å². The molecule has 19 heavy (non-hydrogen) atoms. The maximum absolute atomic E-state index is 13.0. The lowest BCUT2D eigenvalue weighted by molar-refractivity contribution is 0.304. The van der Waals surface area contributed by atoms with Crippen LogP contribution in [0.2, 0.25) is 0 Å². The standard InChI is InChI=1S/C16H21FN2/c1-16(2,3)8-15-13(9-18)14(10-19-15)11-4-6-12(17)7-5-11/h4-7,13-15,19H,8,10H2,1-3H3. The molecule has 3 heteroatoms. The van der Waals surface area contributed by atoms with Crippen molar-refractivity contribution < 1.29 is 4.39 Å². The molecule has 102 valence electrons. The van der Waals surface area contributed by atoms with Crippen LogP contribution in [0.15, 0.2) is 24.3 Å². The molecule has 3 atom stereocenters. The molecule has 0 radical (unpaired) electrons. The van der Waals surface area contributed by atoms with Crippen LogP contribution in [0.3, 0.4) is 0 Å². The van der Waals surface area contributed by atoms with Gasteiger partial charge in [-0.2, -0.15) is 5.26 Å². The van der Waals surface area contributed by atoms with Crippen molar-refractivity contribution in [3.05, 3.63) is 35.6 Å². The van der Waals surface area contributed by atoms with Crippen molar-refractivity contribution in [2.75, 3.05) is 6.54 Å². The highest BCUT2D eigenvalue weighted by molar-refractivity contribution is 5.26. The van der Waals surface area contributed by atoms with Gasteiger partial charge in [-0.1, -0.05) is 32.9 Å². The smallest absolute Gasteiger partial charge is 0.123 e. The van der Waals surface area contributed by atoms with Gasteiger partial charge in [-0.25, -0.2) is 4.39 Å². The second-order valence-corrected chi connectivity index (χ2v) is 6.59. The van der Waals surface area contributed by atoms with E-state index in [0.29, 0.717) is 0 Å². The van der Waals surface area contributed by atoms with Gasteiger partial charge in [0.2, 0.25) is 0 Å². The second kappa shape index (κ2) is 5.30. The van der Waals surface area contributed by atoms with Gasteiger partial charge >= 0.3 is 0 Å². The molecule has 0 aromatic heterocycles. The highest BCUT2D eigenvalue weighted by Gasteiger charge is 2.38. The number of nitrogens with one attached hydrogen (secondary N) is 1.